The minimum absolute atomic E-state index is 0.00144. The zero-order valence-electron chi connectivity index (χ0n) is 19.8. The molecule has 12 nitrogen and oxygen atoms in total. The molecule has 4 amide bonds. The van der Waals surface area contributed by atoms with Crippen molar-refractivity contribution in [1.29, 1.82) is 0 Å². The molecule has 14 heteroatoms. The van der Waals surface area contributed by atoms with Gasteiger partial charge < -0.3 is 37.6 Å². The molecule has 0 saturated heterocycles. The number of carbonyl (C=O) groups excluding carboxylic acids is 4. The number of carbonyl (C=O) groups is 5. The monoisotopic (exact) mass is 543 g/mol. The predicted octanol–water partition coefficient (Wildman–Crippen LogP) is -1.25. The Morgan fingerprint density at radius 2 is 1.50 bits per heavy atom. The largest absolute Gasteiger partial charge is 0.508 e. The number of amides is 4. The van der Waals surface area contributed by atoms with Crippen molar-refractivity contribution in [3.05, 3.63) is 29.8 Å². The van der Waals surface area contributed by atoms with E-state index in [9.17, 15) is 34.2 Å². The first-order valence-electron chi connectivity index (χ1n) is 11.0. The third-order valence-corrected chi connectivity index (χ3v) is 6.12. The second-order valence-corrected chi connectivity index (χ2v) is 9.32. The maximum atomic E-state index is 13.1. The molecule has 200 valence electrons. The van der Waals surface area contributed by atoms with E-state index in [4.69, 9.17) is 11.5 Å². The fourth-order valence-electron chi connectivity index (χ4n) is 3.03. The number of thioether (sulfide) groups is 1. The molecule has 0 saturated carbocycles. The van der Waals surface area contributed by atoms with Gasteiger partial charge in [0.05, 0.1) is 6.04 Å². The quantitative estimate of drug-likeness (QED) is 0.117. The minimum atomic E-state index is -1.41. The van der Waals surface area contributed by atoms with E-state index in [1.54, 1.807) is 12.1 Å². The summed E-state index contributed by atoms with van der Waals surface area (Å²) in [6.07, 6.45) is 1.54. The van der Waals surface area contributed by atoms with Gasteiger partial charge in [-0.3, -0.25) is 19.2 Å². The Bertz CT molecular complexity index is 917. The van der Waals surface area contributed by atoms with E-state index in [1.807, 2.05) is 6.26 Å². The average molecular weight is 544 g/mol. The van der Waals surface area contributed by atoms with Crippen molar-refractivity contribution in [3.8, 4) is 5.75 Å². The number of rotatable bonds is 16. The molecule has 0 aliphatic rings. The van der Waals surface area contributed by atoms with Gasteiger partial charge in [-0.1, -0.05) is 12.1 Å². The molecule has 9 N–H and O–H groups in total. The van der Waals surface area contributed by atoms with Crippen molar-refractivity contribution in [3.63, 3.8) is 0 Å². The number of benzene rings is 1. The standard InChI is InChI=1S/C22H33N5O7S2/c1-36-9-8-15(25-19(30)14(23)11-35)20(31)27-17(10-12-2-4-13(28)5-3-12)21(32)26-16(22(33)34)6-7-18(24)29/h2-5,14-17,28,35H,6-11,23H2,1H3,(H2,24,29)(H,25,30)(H,26,32)(H,27,31)(H,33,34). The summed E-state index contributed by atoms with van der Waals surface area (Å²) < 4.78 is 0. The molecule has 0 radical (unpaired) electrons. The number of aromatic hydroxyl groups is 1. The Hall–Kier alpha value is -2.97. The highest BCUT2D eigenvalue weighted by atomic mass is 32.2. The Balaban J connectivity index is 3.13. The number of nitrogens with one attached hydrogen (secondary N) is 3. The van der Waals surface area contributed by atoms with Crippen molar-refractivity contribution in [2.45, 2.75) is 49.9 Å². The summed E-state index contributed by atoms with van der Waals surface area (Å²) >= 11 is 5.44. The highest BCUT2D eigenvalue weighted by Gasteiger charge is 2.30. The lowest BCUT2D eigenvalue weighted by Gasteiger charge is -2.25. The third-order valence-electron chi connectivity index (χ3n) is 5.08. The van der Waals surface area contributed by atoms with Crippen molar-refractivity contribution >= 4 is 54.0 Å². The van der Waals surface area contributed by atoms with E-state index >= 15 is 0 Å². The Morgan fingerprint density at radius 3 is 2.03 bits per heavy atom. The zero-order valence-corrected chi connectivity index (χ0v) is 21.5. The van der Waals surface area contributed by atoms with Gasteiger partial charge in [-0.05, 0) is 42.5 Å². The van der Waals surface area contributed by atoms with E-state index in [0.717, 1.165) is 0 Å². The van der Waals surface area contributed by atoms with Crippen LogP contribution in [0.5, 0.6) is 5.75 Å². The molecule has 0 aromatic heterocycles. The lowest BCUT2D eigenvalue weighted by molar-refractivity contribution is -0.142. The predicted molar refractivity (Wildman–Crippen MR) is 138 cm³/mol. The Labute approximate surface area is 218 Å². The van der Waals surface area contributed by atoms with E-state index in [2.05, 4.69) is 28.6 Å². The highest BCUT2D eigenvalue weighted by molar-refractivity contribution is 7.98. The number of thiol groups is 1. The molecule has 0 heterocycles. The lowest BCUT2D eigenvalue weighted by Crippen LogP contribution is -2.58. The number of carboxylic acids is 1. The normalized spacial score (nSPS) is 14.1. The topological polar surface area (TPSA) is 214 Å². The van der Waals surface area contributed by atoms with Crippen LogP contribution in [0.15, 0.2) is 24.3 Å². The Morgan fingerprint density at radius 1 is 0.944 bits per heavy atom. The van der Waals surface area contributed by atoms with Gasteiger partial charge in [0.25, 0.3) is 0 Å². The van der Waals surface area contributed by atoms with Gasteiger partial charge in [-0.2, -0.15) is 24.4 Å². The first kappa shape index (κ1) is 31.1. The lowest BCUT2D eigenvalue weighted by atomic mass is 10.0. The molecule has 0 bridgehead atoms. The summed E-state index contributed by atoms with van der Waals surface area (Å²) in [6.45, 7) is 0. The van der Waals surface area contributed by atoms with Crippen molar-refractivity contribution in [2.75, 3.05) is 17.8 Å². The van der Waals surface area contributed by atoms with Crippen molar-refractivity contribution in [2.24, 2.45) is 11.5 Å². The van der Waals surface area contributed by atoms with Crippen LogP contribution < -0.4 is 27.4 Å². The molecule has 0 aliphatic carbocycles. The molecular formula is C22H33N5O7S2. The summed E-state index contributed by atoms with van der Waals surface area (Å²) in [6, 6.07) is 1.31. The van der Waals surface area contributed by atoms with Gasteiger partial charge in [0, 0.05) is 18.6 Å². The van der Waals surface area contributed by atoms with E-state index in [0.29, 0.717) is 11.3 Å². The van der Waals surface area contributed by atoms with Crippen molar-refractivity contribution < 1.29 is 34.2 Å². The summed E-state index contributed by atoms with van der Waals surface area (Å²) in [5.74, 6) is -3.55. The van der Waals surface area contributed by atoms with Crippen LogP contribution in [-0.4, -0.2) is 81.7 Å². The number of nitrogens with two attached hydrogens (primary N) is 2. The fourth-order valence-corrected chi connectivity index (χ4v) is 3.67. The van der Waals surface area contributed by atoms with Crippen molar-refractivity contribution in [1.82, 2.24) is 16.0 Å². The first-order valence-corrected chi connectivity index (χ1v) is 13.1. The second-order valence-electron chi connectivity index (χ2n) is 7.97. The SMILES string of the molecule is CSCCC(NC(=O)C(N)CS)C(=O)NC(Cc1ccc(O)cc1)C(=O)NC(CCC(N)=O)C(=O)O. The maximum absolute atomic E-state index is 13.1. The maximum Gasteiger partial charge on any atom is 0.326 e. The number of primary amides is 1. The van der Waals surface area contributed by atoms with Crippen LogP contribution >= 0.6 is 24.4 Å². The van der Waals surface area contributed by atoms with Crippen LogP contribution in [-0.2, 0) is 30.4 Å². The smallest absolute Gasteiger partial charge is 0.326 e. The van der Waals surface area contributed by atoms with E-state index in [-0.39, 0.29) is 37.2 Å². The Kier molecular flexibility index (Phi) is 13.7. The van der Waals surface area contributed by atoms with Gasteiger partial charge >= 0.3 is 5.97 Å². The molecule has 1 aromatic rings. The minimum Gasteiger partial charge on any atom is -0.508 e. The number of phenolic OH excluding ortho intramolecular Hbond substituents is 1. The van der Waals surface area contributed by atoms with Gasteiger partial charge in [0.15, 0.2) is 0 Å². The zero-order chi connectivity index (χ0) is 27.3. The highest BCUT2D eigenvalue weighted by Crippen LogP contribution is 2.12. The second kappa shape index (κ2) is 15.9. The van der Waals surface area contributed by atoms with Crippen LogP contribution in [0.25, 0.3) is 0 Å². The molecule has 1 aromatic carbocycles. The van der Waals surface area contributed by atoms with Crippen LogP contribution in [0, 0.1) is 0 Å². The average Bonchev–Trinajstić information content (AvgIpc) is 2.83. The molecule has 36 heavy (non-hydrogen) atoms. The van der Waals surface area contributed by atoms with E-state index in [1.165, 1.54) is 23.9 Å². The van der Waals surface area contributed by atoms with Crippen LogP contribution in [0.2, 0.25) is 0 Å². The molecule has 4 atom stereocenters. The first-order chi connectivity index (χ1) is 17.0. The van der Waals surface area contributed by atoms with Crippen LogP contribution in [0.3, 0.4) is 0 Å². The number of phenols is 1. The third kappa shape index (κ3) is 11.2. The summed E-state index contributed by atoms with van der Waals surface area (Å²) in [7, 11) is 0. The molecule has 1 rings (SSSR count). The molecule has 0 spiro atoms. The van der Waals surface area contributed by atoms with Gasteiger partial charge in [-0.15, -0.1) is 0 Å². The summed E-state index contributed by atoms with van der Waals surface area (Å²) in [5, 5.41) is 26.4. The number of carboxylic acid groups (broad SMARTS) is 1. The van der Waals surface area contributed by atoms with Gasteiger partial charge in [-0.25, -0.2) is 4.79 Å². The molecule has 4 unspecified atom stereocenters. The number of hydrogen-bond donors (Lipinski definition) is 8. The van der Waals surface area contributed by atoms with Gasteiger partial charge in [0.1, 0.15) is 23.9 Å². The van der Waals surface area contributed by atoms with Gasteiger partial charge in [0.2, 0.25) is 23.6 Å². The molecule has 0 aliphatic heterocycles. The van der Waals surface area contributed by atoms with E-state index < -0.39 is 53.8 Å². The van der Waals surface area contributed by atoms with Crippen LogP contribution in [0.4, 0.5) is 0 Å². The summed E-state index contributed by atoms with van der Waals surface area (Å²) in [5.41, 5.74) is 11.3. The number of aliphatic carboxylic acids is 1. The fraction of sp³-hybridized carbons (Fsp3) is 0.500. The summed E-state index contributed by atoms with van der Waals surface area (Å²) in [4.78, 5) is 61.1. The van der Waals surface area contributed by atoms with Crippen LogP contribution in [0.1, 0.15) is 24.8 Å². The molecule has 0 fully saturated rings. The molecular weight excluding hydrogens is 510 g/mol. The number of hydrogen-bond acceptors (Lipinski definition) is 9.